The maximum atomic E-state index is 12.1. The van der Waals surface area contributed by atoms with Crippen molar-refractivity contribution in [3.05, 3.63) is 35.4 Å². The highest BCUT2D eigenvalue weighted by Gasteiger charge is 2.25. The molecule has 0 saturated carbocycles. The van der Waals surface area contributed by atoms with E-state index in [1.54, 1.807) is 14.1 Å². The molecule has 6 nitrogen and oxygen atoms in total. The Morgan fingerprint density at radius 3 is 2.20 bits per heavy atom. The van der Waals surface area contributed by atoms with Gasteiger partial charge in [0, 0.05) is 40.2 Å². The van der Waals surface area contributed by atoms with E-state index < -0.39 is 18.2 Å². The lowest BCUT2D eigenvalue weighted by Gasteiger charge is -2.24. The molecule has 0 spiro atoms. The van der Waals surface area contributed by atoms with Gasteiger partial charge in [-0.3, -0.25) is 4.99 Å². The Bertz CT molecular complexity index is 683. The maximum absolute atomic E-state index is 12.1. The molecule has 2 N–H and O–H groups in total. The van der Waals surface area contributed by atoms with Crippen molar-refractivity contribution >= 4 is 12.1 Å². The van der Waals surface area contributed by atoms with Gasteiger partial charge in [-0.15, -0.1) is 0 Å². The number of aliphatic imine (C=N–C) groups is 1. The first-order valence-corrected chi connectivity index (χ1v) is 9.93. The topological polar surface area (TPSA) is 66.0 Å². The van der Waals surface area contributed by atoms with E-state index >= 15 is 0 Å². The van der Waals surface area contributed by atoms with E-state index in [-0.39, 0.29) is 12.5 Å². The quantitative estimate of drug-likeness (QED) is 0.363. The summed E-state index contributed by atoms with van der Waals surface area (Å²) in [5.41, 5.74) is 1.45. The molecule has 0 aromatic heterocycles. The zero-order valence-electron chi connectivity index (χ0n) is 18.4. The number of hydrogen-bond donors (Lipinski definition) is 2. The minimum absolute atomic E-state index is 0.0900. The molecule has 0 aliphatic carbocycles. The average molecular weight is 431 g/mol. The van der Waals surface area contributed by atoms with Crippen molar-refractivity contribution in [2.75, 3.05) is 20.6 Å². The standard InChI is InChI=1S/C21H33F3N4O2/c1-20(2,3)30-19(29)28(5)15-17-10-8-16(9-11-17)14-27-18(25-4)26-13-7-6-12-21(22,23)24/h8-11H,6-7,12-15H2,1-5H3,(H2,25,26,27). The number of guanidine groups is 1. The minimum Gasteiger partial charge on any atom is -0.444 e. The van der Waals surface area contributed by atoms with E-state index in [9.17, 15) is 18.0 Å². The number of nitrogens with zero attached hydrogens (tertiary/aromatic N) is 2. The lowest BCUT2D eigenvalue weighted by atomic mass is 10.1. The molecule has 0 aliphatic heterocycles. The number of ether oxygens (including phenoxy) is 1. The van der Waals surface area contributed by atoms with Crippen LogP contribution in [0.5, 0.6) is 0 Å². The predicted molar refractivity (Wildman–Crippen MR) is 112 cm³/mol. The summed E-state index contributed by atoms with van der Waals surface area (Å²) in [5.74, 6) is 0.538. The van der Waals surface area contributed by atoms with Crippen LogP contribution in [0.15, 0.2) is 29.3 Å². The van der Waals surface area contributed by atoms with Gasteiger partial charge in [-0.25, -0.2) is 4.79 Å². The zero-order chi connectivity index (χ0) is 22.8. The fraction of sp³-hybridized carbons (Fsp3) is 0.619. The monoisotopic (exact) mass is 430 g/mol. The van der Waals surface area contributed by atoms with Crippen LogP contribution in [-0.2, 0) is 17.8 Å². The van der Waals surface area contributed by atoms with Crippen LogP contribution < -0.4 is 10.6 Å². The second-order valence-corrected chi connectivity index (χ2v) is 8.08. The third-order valence-electron chi connectivity index (χ3n) is 4.01. The van der Waals surface area contributed by atoms with Crippen LogP contribution in [0.25, 0.3) is 0 Å². The van der Waals surface area contributed by atoms with Crippen molar-refractivity contribution in [3.63, 3.8) is 0 Å². The van der Waals surface area contributed by atoms with Crippen LogP contribution in [0.3, 0.4) is 0 Å². The van der Waals surface area contributed by atoms with Gasteiger partial charge < -0.3 is 20.3 Å². The van der Waals surface area contributed by atoms with Gasteiger partial charge in [-0.05, 0) is 44.7 Å². The Labute approximate surface area is 176 Å². The number of rotatable bonds is 8. The van der Waals surface area contributed by atoms with E-state index in [1.807, 2.05) is 45.0 Å². The fourth-order valence-corrected chi connectivity index (χ4v) is 2.50. The molecule has 30 heavy (non-hydrogen) atoms. The second kappa shape index (κ2) is 11.7. The van der Waals surface area contributed by atoms with Crippen molar-refractivity contribution in [1.29, 1.82) is 0 Å². The maximum Gasteiger partial charge on any atom is 0.410 e. The lowest BCUT2D eigenvalue weighted by Crippen LogP contribution is -2.37. The minimum atomic E-state index is -4.10. The molecule has 1 rings (SSSR count). The molecule has 0 atom stereocenters. The molecule has 1 aromatic carbocycles. The first-order chi connectivity index (χ1) is 13.9. The zero-order valence-corrected chi connectivity index (χ0v) is 18.4. The summed E-state index contributed by atoms with van der Waals surface area (Å²) in [6.07, 6.45) is -4.74. The Balaban J connectivity index is 2.40. The van der Waals surface area contributed by atoms with Crippen LogP contribution in [-0.4, -0.2) is 49.4 Å². The highest BCUT2D eigenvalue weighted by Crippen LogP contribution is 2.21. The van der Waals surface area contributed by atoms with E-state index in [2.05, 4.69) is 15.6 Å². The molecule has 0 bridgehead atoms. The van der Waals surface area contributed by atoms with Gasteiger partial charge in [0.25, 0.3) is 0 Å². The summed E-state index contributed by atoms with van der Waals surface area (Å²) in [5, 5.41) is 6.14. The summed E-state index contributed by atoms with van der Waals surface area (Å²) in [4.78, 5) is 17.6. The van der Waals surface area contributed by atoms with Crippen molar-refractivity contribution in [3.8, 4) is 0 Å². The van der Waals surface area contributed by atoms with Gasteiger partial charge in [-0.2, -0.15) is 13.2 Å². The molecule has 1 aromatic rings. The van der Waals surface area contributed by atoms with Gasteiger partial charge in [-0.1, -0.05) is 24.3 Å². The van der Waals surface area contributed by atoms with Gasteiger partial charge in [0.1, 0.15) is 5.60 Å². The number of amides is 1. The summed E-state index contributed by atoms with van der Waals surface area (Å²) >= 11 is 0. The summed E-state index contributed by atoms with van der Waals surface area (Å²) in [7, 11) is 3.30. The van der Waals surface area contributed by atoms with Gasteiger partial charge >= 0.3 is 12.3 Å². The van der Waals surface area contributed by atoms with Crippen molar-refractivity contribution in [2.45, 2.75) is 64.9 Å². The van der Waals surface area contributed by atoms with Crippen molar-refractivity contribution < 1.29 is 22.7 Å². The van der Waals surface area contributed by atoms with E-state index in [1.165, 1.54) is 4.90 Å². The van der Waals surface area contributed by atoms with Crippen molar-refractivity contribution in [1.82, 2.24) is 15.5 Å². The smallest absolute Gasteiger partial charge is 0.410 e. The number of carbonyl (C=O) groups excluding carboxylic acids is 1. The number of alkyl halides is 3. The van der Waals surface area contributed by atoms with E-state index in [0.717, 1.165) is 11.1 Å². The Morgan fingerprint density at radius 2 is 1.67 bits per heavy atom. The number of hydrogen-bond acceptors (Lipinski definition) is 3. The Hall–Kier alpha value is -2.45. The largest absolute Gasteiger partial charge is 0.444 e. The SMILES string of the molecule is CN=C(NCCCCC(F)(F)F)NCc1ccc(CN(C)C(=O)OC(C)(C)C)cc1. The molecular formula is C21H33F3N4O2. The number of halogens is 3. The normalized spacial score (nSPS) is 12.5. The lowest BCUT2D eigenvalue weighted by molar-refractivity contribution is -0.135. The van der Waals surface area contributed by atoms with E-state index in [0.29, 0.717) is 32.0 Å². The second-order valence-electron chi connectivity index (χ2n) is 8.08. The molecule has 0 unspecified atom stereocenters. The van der Waals surface area contributed by atoms with Crippen LogP contribution >= 0.6 is 0 Å². The highest BCUT2D eigenvalue weighted by molar-refractivity contribution is 5.79. The predicted octanol–water partition coefficient (Wildman–Crippen LogP) is 4.45. The molecule has 0 aliphatic rings. The number of carbonyl (C=O) groups is 1. The molecule has 0 saturated heterocycles. The molecule has 9 heteroatoms. The van der Waals surface area contributed by atoms with Crippen LogP contribution in [0.4, 0.5) is 18.0 Å². The van der Waals surface area contributed by atoms with Gasteiger partial charge in [0.05, 0.1) is 0 Å². The Kier molecular flexibility index (Phi) is 9.95. The average Bonchev–Trinajstić information content (AvgIpc) is 2.62. The van der Waals surface area contributed by atoms with Gasteiger partial charge in [0.2, 0.25) is 0 Å². The number of unbranched alkanes of at least 4 members (excludes halogenated alkanes) is 1. The summed E-state index contributed by atoms with van der Waals surface area (Å²) in [6.45, 7) is 6.85. The first kappa shape index (κ1) is 25.6. The summed E-state index contributed by atoms with van der Waals surface area (Å²) in [6, 6.07) is 7.76. The third kappa shape index (κ3) is 11.5. The molecule has 0 radical (unpaired) electrons. The van der Waals surface area contributed by atoms with Crippen molar-refractivity contribution in [2.24, 2.45) is 4.99 Å². The van der Waals surface area contributed by atoms with Crippen LogP contribution in [0.1, 0.15) is 51.2 Å². The third-order valence-corrected chi connectivity index (χ3v) is 4.01. The molecule has 0 fully saturated rings. The summed E-state index contributed by atoms with van der Waals surface area (Å²) < 4.78 is 41.7. The Morgan fingerprint density at radius 1 is 1.07 bits per heavy atom. The van der Waals surface area contributed by atoms with Crippen LogP contribution in [0, 0.1) is 0 Å². The van der Waals surface area contributed by atoms with E-state index in [4.69, 9.17) is 4.74 Å². The molecule has 0 heterocycles. The molecular weight excluding hydrogens is 397 g/mol. The van der Waals surface area contributed by atoms with Crippen LogP contribution in [0.2, 0.25) is 0 Å². The highest BCUT2D eigenvalue weighted by atomic mass is 19.4. The molecule has 1 amide bonds. The molecule has 170 valence electrons. The van der Waals surface area contributed by atoms with Gasteiger partial charge in [0.15, 0.2) is 5.96 Å². The number of nitrogens with one attached hydrogen (secondary N) is 2. The first-order valence-electron chi connectivity index (χ1n) is 9.93. The number of benzene rings is 1. The fourth-order valence-electron chi connectivity index (χ4n) is 2.50.